The highest BCUT2D eigenvalue weighted by molar-refractivity contribution is 5.79. The fourth-order valence-electron chi connectivity index (χ4n) is 2.35. The maximum Gasteiger partial charge on any atom is 0.259 e. The van der Waals surface area contributed by atoms with Crippen LogP contribution in [0.5, 0.6) is 0 Å². The maximum absolute atomic E-state index is 12.8. The number of rotatable bonds is 2. The SMILES string of the molecule is NCc1cccnc1.O=c1[nH]c(-c2ccc(F)cc2)nc2ccccc12.[HH]. The smallest absolute Gasteiger partial charge is 0.259 e. The number of para-hydroxylation sites is 1. The lowest BCUT2D eigenvalue weighted by atomic mass is 10.2. The summed E-state index contributed by atoms with van der Waals surface area (Å²) in [6, 6.07) is 16.8. The molecule has 5 nitrogen and oxygen atoms in total. The fraction of sp³-hybridized carbons (Fsp3) is 0.0500. The van der Waals surface area contributed by atoms with Crippen molar-refractivity contribution in [3.63, 3.8) is 0 Å². The second-order valence-electron chi connectivity index (χ2n) is 5.50. The Morgan fingerprint density at radius 2 is 1.81 bits per heavy atom. The van der Waals surface area contributed by atoms with Crippen molar-refractivity contribution in [1.82, 2.24) is 15.0 Å². The van der Waals surface area contributed by atoms with Crippen LogP contribution in [0.1, 0.15) is 6.99 Å². The number of hydrogen-bond donors (Lipinski definition) is 2. The van der Waals surface area contributed by atoms with Crippen LogP contribution in [0.4, 0.5) is 4.39 Å². The molecule has 2 heterocycles. The van der Waals surface area contributed by atoms with Gasteiger partial charge in [-0.25, -0.2) is 9.37 Å². The lowest BCUT2D eigenvalue weighted by molar-refractivity contribution is 0.628. The molecule has 0 aliphatic carbocycles. The first-order valence-corrected chi connectivity index (χ1v) is 8.01. The molecule has 3 N–H and O–H groups in total. The summed E-state index contributed by atoms with van der Waals surface area (Å²) >= 11 is 0. The van der Waals surface area contributed by atoms with E-state index in [0.717, 1.165) is 5.56 Å². The van der Waals surface area contributed by atoms with Gasteiger partial charge in [0.1, 0.15) is 11.6 Å². The van der Waals surface area contributed by atoms with Gasteiger partial charge < -0.3 is 10.7 Å². The third-order valence-electron chi connectivity index (χ3n) is 3.69. The largest absolute Gasteiger partial charge is 0.326 e. The predicted molar refractivity (Wildman–Crippen MR) is 102 cm³/mol. The molecule has 4 rings (SSSR count). The molecule has 0 unspecified atom stereocenters. The van der Waals surface area contributed by atoms with E-state index in [4.69, 9.17) is 5.73 Å². The molecule has 0 saturated carbocycles. The third-order valence-corrected chi connectivity index (χ3v) is 3.69. The van der Waals surface area contributed by atoms with E-state index in [-0.39, 0.29) is 12.8 Å². The minimum atomic E-state index is -0.318. The Hall–Kier alpha value is -3.38. The van der Waals surface area contributed by atoms with Crippen LogP contribution < -0.4 is 11.3 Å². The third kappa shape index (κ3) is 4.17. The molecule has 0 fully saturated rings. The molecule has 26 heavy (non-hydrogen) atoms. The van der Waals surface area contributed by atoms with E-state index in [9.17, 15) is 9.18 Å². The van der Waals surface area contributed by atoms with Gasteiger partial charge in [0.25, 0.3) is 5.56 Å². The van der Waals surface area contributed by atoms with Crippen molar-refractivity contribution >= 4 is 10.9 Å². The van der Waals surface area contributed by atoms with Gasteiger partial charge in [0.15, 0.2) is 0 Å². The van der Waals surface area contributed by atoms with Crippen LogP contribution in [-0.4, -0.2) is 15.0 Å². The van der Waals surface area contributed by atoms with Gasteiger partial charge in [-0.1, -0.05) is 18.2 Å². The van der Waals surface area contributed by atoms with Crippen LogP contribution in [0.3, 0.4) is 0 Å². The summed E-state index contributed by atoms with van der Waals surface area (Å²) in [6.07, 6.45) is 3.50. The number of nitrogens with two attached hydrogens (primary N) is 1. The van der Waals surface area contributed by atoms with E-state index < -0.39 is 0 Å². The van der Waals surface area contributed by atoms with Crippen molar-refractivity contribution < 1.29 is 5.82 Å². The number of hydrogen-bond acceptors (Lipinski definition) is 4. The first kappa shape index (κ1) is 17.4. The zero-order chi connectivity index (χ0) is 18.4. The summed E-state index contributed by atoms with van der Waals surface area (Å²) < 4.78 is 12.8. The van der Waals surface area contributed by atoms with E-state index in [1.165, 1.54) is 12.1 Å². The normalized spacial score (nSPS) is 10.2. The van der Waals surface area contributed by atoms with Crippen LogP contribution in [0.15, 0.2) is 77.9 Å². The van der Waals surface area contributed by atoms with Gasteiger partial charge in [-0.15, -0.1) is 0 Å². The van der Waals surface area contributed by atoms with E-state index in [0.29, 0.717) is 28.8 Å². The Morgan fingerprint density at radius 3 is 2.46 bits per heavy atom. The van der Waals surface area contributed by atoms with Gasteiger partial charge in [0.2, 0.25) is 0 Å². The number of halogens is 1. The van der Waals surface area contributed by atoms with Gasteiger partial charge in [0, 0.05) is 25.9 Å². The Morgan fingerprint density at radius 1 is 1.04 bits per heavy atom. The van der Waals surface area contributed by atoms with Gasteiger partial charge in [0.05, 0.1) is 10.9 Å². The van der Waals surface area contributed by atoms with Crippen LogP contribution in [-0.2, 0) is 6.54 Å². The zero-order valence-corrected chi connectivity index (χ0v) is 13.9. The molecule has 0 amide bonds. The Bertz CT molecular complexity index is 1050. The maximum atomic E-state index is 12.8. The lowest BCUT2D eigenvalue weighted by Crippen LogP contribution is -2.09. The number of fused-ring (bicyclic) bond motifs is 1. The molecule has 0 bridgehead atoms. The highest BCUT2D eigenvalue weighted by Crippen LogP contribution is 2.16. The molecule has 2 aromatic carbocycles. The highest BCUT2D eigenvalue weighted by Gasteiger charge is 2.05. The number of pyridine rings is 1. The number of aromatic amines is 1. The fourth-order valence-corrected chi connectivity index (χ4v) is 2.35. The van der Waals surface area contributed by atoms with Crippen molar-refractivity contribution in [2.75, 3.05) is 0 Å². The molecule has 132 valence electrons. The van der Waals surface area contributed by atoms with E-state index in [1.54, 1.807) is 42.7 Å². The van der Waals surface area contributed by atoms with Crippen molar-refractivity contribution in [2.24, 2.45) is 5.73 Å². The molecular weight excluding hydrogens is 331 g/mol. The van der Waals surface area contributed by atoms with Crippen LogP contribution in [0.2, 0.25) is 0 Å². The number of aromatic nitrogens is 3. The molecule has 0 saturated heterocycles. The summed E-state index contributed by atoms with van der Waals surface area (Å²) in [6.45, 7) is 0.577. The van der Waals surface area contributed by atoms with E-state index >= 15 is 0 Å². The van der Waals surface area contributed by atoms with Crippen molar-refractivity contribution in [1.29, 1.82) is 0 Å². The van der Waals surface area contributed by atoms with Crippen molar-refractivity contribution in [2.45, 2.75) is 6.54 Å². The quantitative estimate of drug-likeness (QED) is 0.579. The number of nitrogens with one attached hydrogen (secondary N) is 1. The van der Waals surface area contributed by atoms with Gasteiger partial charge in [-0.3, -0.25) is 9.78 Å². The topological polar surface area (TPSA) is 84.7 Å². The van der Waals surface area contributed by atoms with Crippen molar-refractivity contribution in [3.8, 4) is 11.4 Å². The summed E-state index contributed by atoms with van der Waals surface area (Å²) in [5.41, 5.74) is 7.50. The molecular formula is C20H19FN4O. The van der Waals surface area contributed by atoms with Crippen LogP contribution in [0, 0.1) is 5.82 Å². The molecule has 0 aliphatic heterocycles. The summed E-state index contributed by atoms with van der Waals surface area (Å²) in [5, 5.41) is 0.545. The average Bonchev–Trinajstić information content (AvgIpc) is 2.70. The summed E-state index contributed by atoms with van der Waals surface area (Å²) in [4.78, 5) is 22.8. The first-order chi connectivity index (χ1) is 12.7. The van der Waals surface area contributed by atoms with Gasteiger partial charge >= 0.3 is 0 Å². The Balaban J connectivity index is 0.000000247. The summed E-state index contributed by atoms with van der Waals surface area (Å²) in [5.74, 6) is 0.126. The molecule has 4 aromatic rings. The minimum absolute atomic E-state index is 0. The number of H-pyrrole nitrogens is 1. The summed E-state index contributed by atoms with van der Waals surface area (Å²) in [7, 11) is 0. The Kier molecular flexibility index (Phi) is 5.46. The molecule has 6 heteroatoms. The highest BCUT2D eigenvalue weighted by atomic mass is 19.1. The monoisotopic (exact) mass is 350 g/mol. The van der Waals surface area contributed by atoms with Crippen LogP contribution >= 0.6 is 0 Å². The van der Waals surface area contributed by atoms with Crippen molar-refractivity contribution in [3.05, 3.63) is 94.8 Å². The van der Waals surface area contributed by atoms with E-state index in [2.05, 4.69) is 15.0 Å². The van der Waals surface area contributed by atoms with Gasteiger partial charge in [-0.05, 0) is 48.0 Å². The molecule has 0 aliphatic rings. The molecule has 0 atom stereocenters. The molecule has 0 spiro atoms. The average molecular weight is 350 g/mol. The van der Waals surface area contributed by atoms with Gasteiger partial charge in [-0.2, -0.15) is 0 Å². The second-order valence-corrected chi connectivity index (χ2v) is 5.50. The second kappa shape index (κ2) is 8.13. The van der Waals surface area contributed by atoms with E-state index in [1.807, 2.05) is 18.2 Å². The minimum Gasteiger partial charge on any atom is -0.326 e. The molecule has 0 radical (unpaired) electrons. The standard InChI is InChI=1S/C14H9FN2O.C6H8N2.H2/c15-10-7-5-9(6-8-10)13-16-12-4-2-1-3-11(12)14(18)17-13;7-4-6-2-1-3-8-5-6;/h1-8H,(H,16,17,18);1-3,5H,4,7H2;1H. The lowest BCUT2D eigenvalue weighted by Gasteiger charge is -2.02. The molecule has 2 aromatic heterocycles. The Labute approximate surface area is 150 Å². The number of benzene rings is 2. The van der Waals surface area contributed by atoms with Crippen LogP contribution in [0.25, 0.3) is 22.3 Å². The zero-order valence-electron chi connectivity index (χ0n) is 13.9. The first-order valence-electron chi connectivity index (χ1n) is 8.01. The predicted octanol–water partition coefficient (Wildman–Crippen LogP) is 3.52. The number of nitrogens with zero attached hydrogens (tertiary/aromatic N) is 2.